The van der Waals surface area contributed by atoms with Gasteiger partial charge in [0.25, 0.3) is 5.91 Å². The molecule has 0 saturated heterocycles. The molecule has 0 bridgehead atoms. The van der Waals surface area contributed by atoms with Gasteiger partial charge in [-0.25, -0.2) is 0 Å². The van der Waals surface area contributed by atoms with Gasteiger partial charge in [-0.2, -0.15) is 0 Å². The minimum atomic E-state index is -0.115. The van der Waals surface area contributed by atoms with E-state index in [1.54, 1.807) is 23.1 Å². The molecule has 0 atom stereocenters. The molecule has 0 heterocycles. The Morgan fingerprint density at radius 3 is 2.71 bits per heavy atom. The van der Waals surface area contributed by atoms with E-state index in [-0.39, 0.29) is 18.6 Å². The molecule has 1 aliphatic carbocycles. The van der Waals surface area contributed by atoms with Gasteiger partial charge in [-0.15, -0.1) is 0 Å². The third kappa shape index (κ3) is 2.90. The first-order valence-electron chi connectivity index (χ1n) is 5.59. The lowest BCUT2D eigenvalue weighted by Gasteiger charge is -2.21. The van der Waals surface area contributed by atoms with Gasteiger partial charge in [0.15, 0.2) is 0 Å². The minimum absolute atomic E-state index is 0.0295. The van der Waals surface area contributed by atoms with Crippen molar-refractivity contribution in [3.8, 4) is 0 Å². The molecule has 5 heteroatoms. The summed E-state index contributed by atoms with van der Waals surface area (Å²) in [4.78, 5) is 13.9. The molecular formula is C12H15ClN2O2. The van der Waals surface area contributed by atoms with Crippen LogP contribution in [0.3, 0.4) is 0 Å². The SMILES string of the molecule is Nc1cc(Cl)cc(C(=O)N(CCO)C2CC2)c1. The van der Waals surface area contributed by atoms with Gasteiger partial charge in [-0.05, 0) is 31.0 Å². The van der Waals surface area contributed by atoms with Gasteiger partial charge >= 0.3 is 0 Å². The first-order chi connectivity index (χ1) is 8.11. The van der Waals surface area contributed by atoms with Crippen molar-refractivity contribution in [2.45, 2.75) is 18.9 Å². The molecule has 17 heavy (non-hydrogen) atoms. The van der Waals surface area contributed by atoms with Crippen LogP contribution in [0, 0.1) is 0 Å². The predicted molar refractivity (Wildman–Crippen MR) is 67.0 cm³/mol. The van der Waals surface area contributed by atoms with Gasteiger partial charge in [-0.1, -0.05) is 11.6 Å². The highest BCUT2D eigenvalue weighted by Gasteiger charge is 2.32. The zero-order valence-corrected chi connectivity index (χ0v) is 10.2. The highest BCUT2D eigenvalue weighted by molar-refractivity contribution is 6.31. The molecule has 0 spiro atoms. The zero-order chi connectivity index (χ0) is 12.4. The Balaban J connectivity index is 2.21. The second kappa shape index (κ2) is 4.94. The Morgan fingerprint density at radius 2 is 2.18 bits per heavy atom. The quantitative estimate of drug-likeness (QED) is 0.801. The molecule has 2 rings (SSSR count). The lowest BCUT2D eigenvalue weighted by atomic mass is 10.1. The van der Waals surface area contributed by atoms with Crippen molar-refractivity contribution in [2.75, 3.05) is 18.9 Å². The second-order valence-electron chi connectivity index (χ2n) is 4.23. The van der Waals surface area contributed by atoms with Crippen LogP contribution in [0.1, 0.15) is 23.2 Å². The number of halogens is 1. The lowest BCUT2D eigenvalue weighted by molar-refractivity contribution is 0.0707. The number of aliphatic hydroxyl groups is 1. The van der Waals surface area contributed by atoms with Crippen LogP contribution < -0.4 is 5.73 Å². The Morgan fingerprint density at radius 1 is 1.47 bits per heavy atom. The maximum atomic E-state index is 12.2. The normalized spacial score (nSPS) is 14.7. The molecule has 0 unspecified atom stereocenters. The fourth-order valence-corrected chi connectivity index (χ4v) is 2.09. The number of amides is 1. The topological polar surface area (TPSA) is 66.6 Å². The van der Waals surface area contributed by atoms with E-state index in [9.17, 15) is 4.79 Å². The van der Waals surface area contributed by atoms with Gasteiger partial charge in [0.2, 0.25) is 0 Å². The Kier molecular flexibility index (Phi) is 3.54. The third-order valence-electron chi connectivity index (χ3n) is 2.76. The number of hydrogen-bond donors (Lipinski definition) is 2. The molecule has 1 aromatic rings. The van der Waals surface area contributed by atoms with Gasteiger partial charge in [-0.3, -0.25) is 4.79 Å². The average Bonchev–Trinajstić information content (AvgIpc) is 3.07. The molecule has 4 nitrogen and oxygen atoms in total. The number of carbonyl (C=O) groups is 1. The van der Waals surface area contributed by atoms with Gasteiger partial charge in [0.1, 0.15) is 0 Å². The van der Waals surface area contributed by atoms with Crippen molar-refractivity contribution in [2.24, 2.45) is 0 Å². The van der Waals surface area contributed by atoms with E-state index >= 15 is 0 Å². The number of nitrogen functional groups attached to an aromatic ring is 1. The minimum Gasteiger partial charge on any atom is -0.399 e. The van der Waals surface area contributed by atoms with Crippen LogP contribution in [0.4, 0.5) is 5.69 Å². The van der Waals surface area contributed by atoms with Crippen LogP contribution in [-0.2, 0) is 0 Å². The molecule has 1 fully saturated rings. The molecule has 0 aliphatic heterocycles. The van der Waals surface area contributed by atoms with E-state index in [0.29, 0.717) is 22.8 Å². The zero-order valence-electron chi connectivity index (χ0n) is 9.40. The molecule has 1 amide bonds. The molecule has 1 saturated carbocycles. The molecule has 92 valence electrons. The molecule has 0 radical (unpaired) electrons. The average molecular weight is 255 g/mol. The fourth-order valence-electron chi connectivity index (χ4n) is 1.85. The summed E-state index contributed by atoms with van der Waals surface area (Å²) in [6, 6.07) is 5.08. The molecular weight excluding hydrogens is 240 g/mol. The van der Waals surface area contributed by atoms with E-state index in [1.807, 2.05) is 0 Å². The van der Waals surface area contributed by atoms with Crippen molar-refractivity contribution in [3.05, 3.63) is 28.8 Å². The van der Waals surface area contributed by atoms with Crippen LogP contribution in [-0.4, -0.2) is 35.1 Å². The first kappa shape index (κ1) is 12.2. The van der Waals surface area contributed by atoms with Gasteiger partial charge in [0.05, 0.1) is 6.61 Å². The Bertz CT molecular complexity index is 412. The largest absolute Gasteiger partial charge is 0.399 e. The van der Waals surface area contributed by atoms with Crippen molar-refractivity contribution < 1.29 is 9.90 Å². The standard InChI is InChI=1S/C12H15ClN2O2/c13-9-5-8(6-10(14)7-9)12(17)15(3-4-16)11-1-2-11/h5-7,11,16H,1-4,14H2. The summed E-state index contributed by atoms with van der Waals surface area (Å²) in [6.45, 7) is 0.328. The molecule has 1 aliphatic rings. The van der Waals surface area contributed by atoms with E-state index in [1.165, 1.54) is 0 Å². The number of anilines is 1. The summed E-state index contributed by atoms with van der Waals surface area (Å²) in [5, 5.41) is 9.43. The highest BCUT2D eigenvalue weighted by atomic mass is 35.5. The van der Waals surface area contributed by atoms with Crippen molar-refractivity contribution in [1.29, 1.82) is 0 Å². The number of benzene rings is 1. The van der Waals surface area contributed by atoms with Crippen LogP contribution in [0.25, 0.3) is 0 Å². The van der Waals surface area contributed by atoms with E-state index in [2.05, 4.69) is 0 Å². The monoisotopic (exact) mass is 254 g/mol. The predicted octanol–water partition coefficient (Wildman–Crippen LogP) is 1.52. The van der Waals surface area contributed by atoms with Crippen LogP contribution >= 0.6 is 11.6 Å². The Hall–Kier alpha value is -1.26. The maximum absolute atomic E-state index is 12.2. The van der Waals surface area contributed by atoms with Gasteiger partial charge < -0.3 is 15.7 Å². The van der Waals surface area contributed by atoms with Crippen LogP contribution in [0.15, 0.2) is 18.2 Å². The van der Waals surface area contributed by atoms with Crippen LogP contribution in [0.2, 0.25) is 5.02 Å². The van der Waals surface area contributed by atoms with E-state index in [0.717, 1.165) is 12.8 Å². The summed E-state index contributed by atoms with van der Waals surface area (Å²) in [7, 11) is 0. The van der Waals surface area contributed by atoms with Crippen LogP contribution in [0.5, 0.6) is 0 Å². The number of hydrogen-bond acceptors (Lipinski definition) is 3. The number of nitrogens with zero attached hydrogens (tertiary/aromatic N) is 1. The van der Waals surface area contributed by atoms with Crippen molar-refractivity contribution >= 4 is 23.2 Å². The molecule has 0 aromatic heterocycles. The first-order valence-corrected chi connectivity index (χ1v) is 5.97. The number of rotatable bonds is 4. The maximum Gasteiger partial charge on any atom is 0.254 e. The highest BCUT2D eigenvalue weighted by Crippen LogP contribution is 2.28. The van der Waals surface area contributed by atoms with Gasteiger partial charge in [0, 0.05) is 28.9 Å². The van der Waals surface area contributed by atoms with Crippen molar-refractivity contribution in [3.63, 3.8) is 0 Å². The smallest absolute Gasteiger partial charge is 0.254 e. The fraction of sp³-hybridized carbons (Fsp3) is 0.417. The summed E-state index contributed by atoms with van der Waals surface area (Å²) in [5.41, 5.74) is 6.61. The number of nitrogens with two attached hydrogens (primary N) is 1. The lowest BCUT2D eigenvalue weighted by Crippen LogP contribution is -2.35. The van der Waals surface area contributed by atoms with Crippen molar-refractivity contribution in [1.82, 2.24) is 4.90 Å². The second-order valence-corrected chi connectivity index (χ2v) is 4.66. The summed E-state index contributed by atoms with van der Waals surface area (Å²) >= 11 is 5.87. The van der Waals surface area contributed by atoms with E-state index < -0.39 is 0 Å². The summed E-state index contributed by atoms with van der Waals surface area (Å²) < 4.78 is 0. The molecule has 1 aromatic carbocycles. The Labute approximate surface area is 105 Å². The number of aliphatic hydroxyl groups excluding tert-OH is 1. The summed E-state index contributed by atoms with van der Waals surface area (Å²) in [5.74, 6) is -0.115. The van der Waals surface area contributed by atoms with E-state index in [4.69, 9.17) is 22.4 Å². The summed E-state index contributed by atoms with van der Waals surface area (Å²) in [6.07, 6.45) is 2.00. The molecule has 3 N–H and O–H groups in total. The number of carbonyl (C=O) groups excluding carboxylic acids is 1. The third-order valence-corrected chi connectivity index (χ3v) is 2.97.